The van der Waals surface area contributed by atoms with Crippen LogP contribution in [0, 0.1) is 6.92 Å². The van der Waals surface area contributed by atoms with Crippen molar-refractivity contribution in [2.24, 2.45) is 0 Å². The Morgan fingerprint density at radius 2 is 1.85 bits per heavy atom. The normalized spacial score (nSPS) is 10.5. The highest BCUT2D eigenvalue weighted by Crippen LogP contribution is 2.35. The van der Waals surface area contributed by atoms with Crippen molar-refractivity contribution >= 4 is 82.5 Å². The molecule has 204 valence electrons. The van der Waals surface area contributed by atoms with E-state index in [0.717, 1.165) is 22.2 Å². The number of halogens is 4. The summed E-state index contributed by atoms with van der Waals surface area (Å²) in [4.78, 5) is 34.8. The van der Waals surface area contributed by atoms with Crippen molar-refractivity contribution in [2.75, 3.05) is 18.5 Å². The van der Waals surface area contributed by atoms with Crippen LogP contribution in [0.3, 0.4) is 0 Å². The minimum absolute atomic E-state index is 0. The van der Waals surface area contributed by atoms with Crippen molar-refractivity contribution in [3.05, 3.63) is 99.9 Å². The Bertz CT molecular complexity index is 1480. The van der Waals surface area contributed by atoms with Gasteiger partial charge in [0.05, 0.1) is 17.3 Å². The van der Waals surface area contributed by atoms with Gasteiger partial charge in [0, 0.05) is 47.2 Å². The molecule has 0 fully saturated rings. The molecule has 0 aliphatic heterocycles. The van der Waals surface area contributed by atoms with Gasteiger partial charge in [-0.25, -0.2) is 4.98 Å². The molecule has 2 aromatic carbocycles. The molecule has 0 bridgehead atoms. The zero-order valence-corrected chi connectivity index (χ0v) is 24.2. The molecule has 11 heteroatoms. The van der Waals surface area contributed by atoms with Gasteiger partial charge in [0.25, 0.3) is 0 Å². The number of para-hydroxylation sites is 1. The highest BCUT2D eigenvalue weighted by atomic mass is 35.5. The maximum absolute atomic E-state index is 12.8. The molecule has 2 aromatic heterocycles. The van der Waals surface area contributed by atoms with Crippen LogP contribution in [0.5, 0.6) is 5.75 Å². The van der Waals surface area contributed by atoms with E-state index in [1.165, 1.54) is 11.0 Å². The van der Waals surface area contributed by atoms with Gasteiger partial charge in [0.1, 0.15) is 17.9 Å². The summed E-state index contributed by atoms with van der Waals surface area (Å²) >= 11 is 13.1. The van der Waals surface area contributed by atoms with Gasteiger partial charge >= 0.3 is 0 Å². The number of amides is 2. The van der Waals surface area contributed by atoms with Crippen molar-refractivity contribution in [1.82, 2.24) is 15.3 Å². The first-order valence-electron chi connectivity index (χ1n) is 11.4. The van der Waals surface area contributed by atoms with Gasteiger partial charge in [0.2, 0.25) is 11.8 Å². The number of anilines is 1. The second kappa shape index (κ2) is 14.7. The number of carbonyl (C=O) groups is 2. The fraction of sp³-hybridized carbons (Fsp3) is 0.143. The Balaban J connectivity index is 0.00000267. The van der Waals surface area contributed by atoms with E-state index in [0.29, 0.717) is 22.0 Å². The molecule has 0 radical (unpaired) electrons. The summed E-state index contributed by atoms with van der Waals surface area (Å²) < 4.78 is 6.06. The van der Waals surface area contributed by atoms with Gasteiger partial charge in [-0.2, -0.15) is 0 Å². The van der Waals surface area contributed by atoms with Crippen LogP contribution >= 0.6 is 48.0 Å². The Hall–Kier alpha value is -3.36. The second-order valence-electron chi connectivity index (χ2n) is 8.22. The van der Waals surface area contributed by atoms with Crippen molar-refractivity contribution < 1.29 is 14.3 Å². The Morgan fingerprint density at radius 3 is 2.59 bits per heavy atom. The van der Waals surface area contributed by atoms with E-state index in [2.05, 4.69) is 15.3 Å². The number of ether oxygens (including phenoxy) is 1. The minimum Gasteiger partial charge on any atom is -0.487 e. The van der Waals surface area contributed by atoms with Crippen LogP contribution in [0.4, 0.5) is 5.69 Å². The van der Waals surface area contributed by atoms with Crippen LogP contribution in [-0.4, -0.2) is 35.4 Å². The van der Waals surface area contributed by atoms with E-state index >= 15 is 0 Å². The number of benzene rings is 2. The second-order valence-corrected chi connectivity index (χ2v) is 9.00. The number of fused-ring (bicyclic) bond motifs is 1. The topological polar surface area (TPSA) is 84.4 Å². The van der Waals surface area contributed by atoms with Crippen LogP contribution in [0.2, 0.25) is 10.0 Å². The molecule has 7 nitrogen and oxygen atoms in total. The minimum atomic E-state index is -0.402. The molecule has 39 heavy (non-hydrogen) atoms. The largest absolute Gasteiger partial charge is 0.487 e. The van der Waals surface area contributed by atoms with Gasteiger partial charge in [-0.15, -0.1) is 24.8 Å². The molecule has 0 aliphatic rings. The van der Waals surface area contributed by atoms with Crippen molar-refractivity contribution in [2.45, 2.75) is 13.5 Å². The zero-order valence-electron chi connectivity index (χ0n) is 21.1. The van der Waals surface area contributed by atoms with Crippen molar-refractivity contribution in [3.63, 3.8) is 0 Å². The number of hydrogen-bond donors (Lipinski definition) is 1. The number of nitrogens with zero attached hydrogens (tertiary/aromatic N) is 3. The molecule has 0 spiro atoms. The smallest absolute Gasteiger partial charge is 0.246 e. The van der Waals surface area contributed by atoms with Crippen LogP contribution in [0.1, 0.15) is 16.8 Å². The monoisotopic (exact) mass is 606 g/mol. The summed E-state index contributed by atoms with van der Waals surface area (Å²) in [6, 6.07) is 16.5. The molecule has 0 saturated carbocycles. The maximum Gasteiger partial charge on any atom is 0.246 e. The molecule has 0 unspecified atom stereocenters. The van der Waals surface area contributed by atoms with Crippen LogP contribution in [0.25, 0.3) is 17.0 Å². The number of hydrogen-bond acceptors (Lipinski definition) is 5. The average molecular weight is 608 g/mol. The van der Waals surface area contributed by atoms with Gasteiger partial charge in [-0.05, 0) is 48.9 Å². The number of pyridine rings is 2. The summed E-state index contributed by atoms with van der Waals surface area (Å²) in [6.45, 7) is 1.79. The fourth-order valence-electron chi connectivity index (χ4n) is 3.58. The van der Waals surface area contributed by atoms with E-state index in [1.807, 2.05) is 43.3 Å². The number of nitrogens with one attached hydrogen (secondary N) is 1. The Morgan fingerprint density at radius 1 is 1.05 bits per heavy atom. The summed E-state index contributed by atoms with van der Waals surface area (Å²) in [5.41, 5.74) is 3.38. The lowest BCUT2D eigenvalue weighted by atomic mass is 10.1. The number of rotatable bonds is 8. The average Bonchev–Trinajstić information content (AvgIpc) is 2.90. The summed E-state index contributed by atoms with van der Waals surface area (Å²) in [7, 11) is 1.58. The van der Waals surface area contributed by atoms with E-state index in [9.17, 15) is 9.59 Å². The molecule has 0 saturated heterocycles. The molecule has 4 aromatic rings. The van der Waals surface area contributed by atoms with Gasteiger partial charge in [0.15, 0.2) is 0 Å². The standard InChI is InChI=1S/C28H24Cl2N4O3.2ClH/c1-18-8-10-20-6-3-7-24(28(20)33-18)37-17-21-22(29)11-12-23(27(21)30)34(2)26(36)16-32-25(35)13-9-19-5-4-14-31-15-19;;/h3-15H,16-17H2,1-2H3,(H,32,35);2*1H/b13-9+;;. The Kier molecular flexibility index (Phi) is 12.0. The lowest BCUT2D eigenvalue weighted by Crippen LogP contribution is -2.37. The van der Waals surface area contributed by atoms with Crippen molar-refractivity contribution in [3.8, 4) is 5.75 Å². The molecule has 4 rings (SSSR count). The third-order valence-corrected chi connectivity index (χ3v) is 6.40. The first-order chi connectivity index (χ1) is 17.8. The number of carbonyl (C=O) groups excluding carboxylic acids is 2. The quantitative estimate of drug-likeness (QED) is 0.232. The molecule has 0 aliphatic carbocycles. The SMILES string of the molecule is Cc1ccc2cccc(OCc3c(Cl)ccc(N(C)C(=O)CNC(=O)/C=C/c4cccnc4)c3Cl)c2n1.Cl.Cl. The zero-order chi connectivity index (χ0) is 26.4. The molecular formula is C28H26Cl4N4O3. The summed E-state index contributed by atoms with van der Waals surface area (Å²) in [5.74, 6) is -0.154. The molecular weight excluding hydrogens is 582 g/mol. The van der Waals surface area contributed by atoms with E-state index in [1.54, 1.807) is 43.7 Å². The maximum atomic E-state index is 12.8. The lowest BCUT2D eigenvalue weighted by Gasteiger charge is -2.21. The number of likely N-dealkylation sites (N-methyl/N-ethyl adjacent to an activating group) is 1. The summed E-state index contributed by atoms with van der Waals surface area (Å²) in [5, 5.41) is 4.23. The molecule has 1 N–H and O–H groups in total. The third-order valence-electron chi connectivity index (χ3n) is 5.62. The van der Waals surface area contributed by atoms with Crippen LogP contribution in [0.15, 0.2) is 73.1 Å². The van der Waals surface area contributed by atoms with Gasteiger partial charge in [-0.1, -0.05) is 47.5 Å². The first kappa shape index (κ1) is 31.9. The summed E-state index contributed by atoms with van der Waals surface area (Å²) in [6.07, 6.45) is 6.24. The lowest BCUT2D eigenvalue weighted by molar-refractivity contribution is -0.122. The molecule has 0 atom stereocenters. The van der Waals surface area contributed by atoms with Crippen molar-refractivity contribution in [1.29, 1.82) is 0 Å². The predicted molar refractivity (Wildman–Crippen MR) is 161 cm³/mol. The number of aryl methyl sites for hydroxylation is 1. The van der Waals surface area contributed by atoms with E-state index < -0.39 is 5.91 Å². The molecule has 2 heterocycles. The highest BCUT2D eigenvalue weighted by molar-refractivity contribution is 6.38. The molecule has 2 amide bonds. The van der Waals surface area contributed by atoms with Gasteiger partial charge < -0.3 is 15.0 Å². The number of aromatic nitrogens is 2. The van der Waals surface area contributed by atoms with Crippen LogP contribution in [-0.2, 0) is 16.2 Å². The van der Waals surface area contributed by atoms with Crippen LogP contribution < -0.4 is 15.0 Å². The third kappa shape index (κ3) is 8.07. The first-order valence-corrected chi connectivity index (χ1v) is 12.2. The Labute approximate surface area is 249 Å². The van der Waals surface area contributed by atoms with Gasteiger partial charge in [-0.3, -0.25) is 14.6 Å². The fourth-order valence-corrected chi connectivity index (χ4v) is 4.19. The van der Waals surface area contributed by atoms with E-state index in [-0.39, 0.29) is 48.9 Å². The highest BCUT2D eigenvalue weighted by Gasteiger charge is 2.19. The van der Waals surface area contributed by atoms with E-state index in [4.69, 9.17) is 27.9 Å². The predicted octanol–water partition coefficient (Wildman–Crippen LogP) is 6.46.